The Morgan fingerprint density at radius 1 is 1.00 bits per heavy atom. The highest BCUT2D eigenvalue weighted by molar-refractivity contribution is 7.07. The summed E-state index contributed by atoms with van der Waals surface area (Å²) in [5.41, 5.74) is 3.52. The molecule has 0 radical (unpaired) electrons. The number of anilines is 1. The fourth-order valence-corrected chi connectivity index (χ4v) is 6.21. The van der Waals surface area contributed by atoms with E-state index < -0.39 is 11.0 Å². The summed E-state index contributed by atoms with van der Waals surface area (Å²) in [5, 5.41) is 13.9. The summed E-state index contributed by atoms with van der Waals surface area (Å²) >= 11 is 1.25. The van der Waals surface area contributed by atoms with Gasteiger partial charge in [-0.3, -0.25) is 24.3 Å². The second-order valence-electron chi connectivity index (χ2n) is 10.5. The molecular weight excluding hydrogens is 604 g/mol. The first-order valence-electron chi connectivity index (χ1n) is 14.3. The summed E-state index contributed by atoms with van der Waals surface area (Å²) in [6.07, 6.45) is 1.77. The first-order valence-corrected chi connectivity index (χ1v) is 15.1. The van der Waals surface area contributed by atoms with Gasteiger partial charge in [0.25, 0.3) is 17.2 Å². The first kappa shape index (κ1) is 30.2. The van der Waals surface area contributed by atoms with Gasteiger partial charge in [0.1, 0.15) is 18.1 Å². The fraction of sp³-hybridized carbons (Fsp3) is 0.114. The van der Waals surface area contributed by atoms with E-state index >= 15 is 0 Å². The molecule has 10 nitrogen and oxygen atoms in total. The number of nitrogens with one attached hydrogen (secondary N) is 1. The average molecular weight is 633 g/mol. The first-order chi connectivity index (χ1) is 22.3. The maximum atomic E-state index is 14.1. The highest BCUT2D eigenvalue weighted by Crippen LogP contribution is 2.32. The molecule has 0 aliphatic carbocycles. The van der Waals surface area contributed by atoms with Gasteiger partial charge in [0.2, 0.25) is 0 Å². The van der Waals surface area contributed by atoms with E-state index in [4.69, 9.17) is 14.5 Å². The van der Waals surface area contributed by atoms with Crippen molar-refractivity contribution >= 4 is 34.7 Å². The van der Waals surface area contributed by atoms with Crippen LogP contribution in [0.3, 0.4) is 0 Å². The SMILES string of the molecule is COc1ccc([C@@H]2C(C(=O)Nc3ccccc3)=C(C)N=c3s/c(=C/c4cccc(OCc5ccc([N+](=O)[O-])cc5)c4)c(=O)n32)cc1. The molecule has 46 heavy (non-hydrogen) atoms. The number of para-hydroxylation sites is 1. The van der Waals surface area contributed by atoms with E-state index in [-0.39, 0.29) is 23.8 Å². The Balaban J connectivity index is 1.35. The Hall–Kier alpha value is -5.81. The second kappa shape index (κ2) is 13.0. The third kappa shape index (κ3) is 6.35. The van der Waals surface area contributed by atoms with Crippen LogP contribution < -0.4 is 29.7 Å². The minimum atomic E-state index is -0.718. The van der Waals surface area contributed by atoms with E-state index in [0.29, 0.717) is 37.8 Å². The van der Waals surface area contributed by atoms with Crippen molar-refractivity contribution in [3.63, 3.8) is 0 Å². The lowest BCUT2D eigenvalue weighted by atomic mass is 9.95. The zero-order chi connectivity index (χ0) is 32.2. The minimum absolute atomic E-state index is 0.0144. The number of thiazole rings is 1. The van der Waals surface area contributed by atoms with Gasteiger partial charge in [-0.15, -0.1) is 0 Å². The monoisotopic (exact) mass is 632 g/mol. The van der Waals surface area contributed by atoms with Crippen molar-refractivity contribution in [3.05, 3.63) is 161 Å². The number of rotatable bonds is 9. The molecule has 1 atom stereocenters. The molecule has 4 aromatic carbocycles. The number of benzene rings is 4. The third-order valence-electron chi connectivity index (χ3n) is 7.44. The number of hydrogen-bond acceptors (Lipinski definition) is 8. The van der Waals surface area contributed by atoms with Crippen LogP contribution in [-0.2, 0) is 11.4 Å². The topological polar surface area (TPSA) is 125 Å². The maximum Gasteiger partial charge on any atom is 0.271 e. The number of aromatic nitrogens is 1. The quantitative estimate of drug-likeness (QED) is 0.172. The molecule has 0 spiro atoms. The lowest BCUT2D eigenvalue weighted by Gasteiger charge is -2.25. The lowest BCUT2D eigenvalue weighted by molar-refractivity contribution is -0.384. The summed E-state index contributed by atoms with van der Waals surface area (Å²) in [7, 11) is 1.58. The molecule has 1 N–H and O–H groups in total. The number of carbonyl (C=O) groups is 1. The number of nitro groups is 1. The van der Waals surface area contributed by atoms with Gasteiger partial charge in [-0.25, -0.2) is 4.99 Å². The molecule has 0 unspecified atom stereocenters. The standard InChI is InChI=1S/C35H28N4O6S/c1-22-31(33(40)37-26-8-4-3-5-9-26)32(25-13-17-28(44-2)18-14-25)38-34(41)30(46-35(38)36-22)20-24-7-6-10-29(19-24)45-21-23-11-15-27(16-12-23)39(42)43/h3-20,32H,21H2,1-2H3,(H,37,40)/b30-20+/t32-/m1/s1. The number of hydrogen-bond donors (Lipinski definition) is 1. The number of amides is 1. The number of nitrogens with zero attached hydrogens (tertiary/aromatic N) is 3. The van der Waals surface area contributed by atoms with E-state index in [1.54, 1.807) is 67.1 Å². The van der Waals surface area contributed by atoms with Crippen LogP contribution in [0.4, 0.5) is 11.4 Å². The third-order valence-corrected chi connectivity index (χ3v) is 8.42. The van der Waals surface area contributed by atoms with E-state index in [0.717, 1.165) is 16.7 Å². The smallest absolute Gasteiger partial charge is 0.271 e. The summed E-state index contributed by atoms with van der Waals surface area (Å²) < 4.78 is 13.3. The zero-order valence-electron chi connectivity index (χ0n) is 24.9. The van der Waals surface area contributed by atoms with Gasteiger partial charge in [0, 0.05) is 17.8 Å². The maximum absolute atomic E-state index is 14.1. The van der Waals surface area contributed by atoms with Crippen LogP contribution in [0.25, 0.3) is 6.08 Å². The molecule has 2 heterocycles. The number of fused-ring (bicyclic) bond motifs is 1. The zero-order valence-corrected chi connectivity index (χ0v) is 25.7. The van der Waals surface area contributed by atoms with Gasteiger partial charge in [0.05, 0.1) is 33.9 Å². The second-order valence-corrected chi connectivity index (χ2v) is 11.5. The predicted octanol–water partition coefficient (Wildman–Crippen LogP) is 5.37. The number of methoxy groups -OCH3 is 1. The highest BCUT2D eigenvalue weighted by atomic mass is 32.1. The average Bonchev–Trinajstić information content (AvgIpc) is 3.37. The Morgan fingerprint density at radius 3 is 2.43 bits per heavy atom. The van der Waals surface area contributed by atoms with Crippen molar-refractivity contribution in [1.82, 2.24) is 4.57 Å². The van der Waals surface area contributed by atoms with Crippen LogP contribution in [0, 0.1) is 10.1 Å². The van der Waals surface area contributed by atoms with E-state index in [9.17, 15) is 19.7 Å². The number of carbonyl (C=O) groups excluding carboxylic acids is 1. The molecule has 1 aliphatic heterocycles. The van der Waals surface area contributed by atoms with Crippen molar-refractivity contribution < 1.29 is 19.2 Å². The highest BCUT2D eigenvalue weighted by Gasteiger charge is 2.32. The van der Waals surface area contributed by atoms with Gasteiger partial charge in [-0.2, -0.15) is 0 Å². The van der Waals surface area contributed by atoms with Crippen LogP contribution in [0.5, 0.6) is 11.5 Å². The van der Waals surface area contributed by atoms with Crippen LogP contribution in [-0.4, -0.2) is 22.5 Å². The van der Waals surface area contributed by atoms with Gasteiger partial charge >= 0.3 is 0 Å². The number of non-ortho nitro benzene ring substituents is 1. The number of allylic oxidation sites excluding steroid dienone is 1. The largest absolute Gasteiger partial charge is 0.497 e. The van der Waals surface area contributed by atoms with Crippen molar-refractivity contribution in [2.45, 2.75) is 19.6 Å². The molecule has 230 valence electrons. The van der Waals surface area contributed by atoms with Gasteiger partial charge in [-0.1, -0.05) is 53.8 Å². The van der Waals surface area contributed by atoms with Crippen molar-refractivity contribution in [2.75, 3.05) is 12.4 Å². The van der Waals surface area contributed by atoms with E-state index in [2.05, 4.69) is 5.32 Å². The van der Waals surface area contributed by atoms with Crippen LogP contribution in [0.15, 0.2) is 124 Å². The predicted molar refractivity (Wildman–Crippen MR) is 176 cm³/mol. The molecule has 0 saturated carbocycles. The van der Waals surface area contributed by atoms with Crippen molar-refractivity contribution in [1.29, 1.82) is 0 Å². The Morgan fingerprint density at radius 2 is 1.74 bits per heavy atom. The number of ether oxygens (including phenoxy) is 2. The van der Waals surface area contributed by atoms with E-state index in [1.165, 1.54) is 23.5 Å². The fourth-order valence-electron chi connectivity index (χ4n) is 5.16. The molecule has 6 rings (SSSR count). The van der Waals surface area contributed by atoms with Gasteiger partial charge < -0.3 is 14.8 Å². The number of nitro benzene ring substituents is 1. The van der Waals surface area contributed by atoms with Crippen molar-refractivity contribution in [3.8, 4) is 11.5 Å². The molecule has 11 heteroatoms. The summed E-state index contributed by atoms with van der Waals surface area (Å²) in [6.45, 7) is 2.00. The van der Waals surface area contributed by atoms with Crippen LogP contribution in [0.1, 0.15) is 29.7 Å². The molecule has 1 amide bonds. The molecule has 1 aromatic heterocycles. The minimum Gasteiger partial charge on any atom is -0.497 e. The van der Waals surface area contributed by atoms with Crippen molar-refractivity contribution in [2.24, 2.45) is 4.99 Å². The molecule has 0 bridgehead atoms. The summed E-state index contributed by atoms with van der Waals surface area (Å²) in [4.78, 5) is 43.5. The Bertz CT molecular complexity index is 2140. The molecule has 5 aromatic rings. The molecular formula is C35H28N4O6S. The lowest BCUT2D eigenvalue weighted by Crippen LogP contribution is -2.40. The van der Waals surface area contributed by atoms with Gasteiger partial charge in [-0.05, 0) is 78.2 Å². The molecule has 0 fully saturated rings. The van der Waals surface area contributed by atoms with Crippen LogP contribution >= 0.6 is 11.3 Å². The Labute approximate surface area is 267 Å². The van der Waals surface area contributed by atoms with Crippen LogP contribution in [0.2, 0.25) is 0 Å². The Kier molecular flexibility index (Phi) is 8.57. The summed E-state index contributed by atoms with van der Waals surface area (Å²) in [6, 6.07) is 29.2. The molecule has 0 saturated heterocycles. The normalized spacial score (nSPS) is 14.3. The summed E-state index contributed by atoms with van der Waals surface area (Å²) in [5.74, 6) is 0.884. The van der Waals surface area contributed by atoms with E-state index in [1.807, 2.05) is 48.5 Å². The molecule has 1 aliphatic rings. The van der Waals surface area contributed by atoms with Gasteiger partial charge in [0.15, 0.2) is 4.80 Å².